The fourth-order valence-corrected chi connectivity index (χ4v) is 8.68. The van der Waals surface area contributed by atoms with E-state index in [2.05, 4.69) is 20.3 Å². The van der Waals surface area contributed by atoms with Crippen LogP contribution in [0.5, 0.6) is 0 Å². The van der Waals surface area contributed by atoms with E-state index in [1.807, 2.05) is 6.07 Å². The second kappa shape index (κ2) is 15.5. The quantitative estimate of drug-likeness (QED) is 0.134. The molecule has 6 rings (SSSR count). The van der Waals surface area contributed by atoms with Crippen molar-refractivity contribution >= 4 is 42.9 Å². The Bertz CT molecular complexity index is 1780. The highest BCUT2D eigenvalue weighted by Crippen LogP contribution is 2.50. The molecule has 2 saturated heterocycles. The summed E-state index contributed by atoms with van der Waals surface area (Å²) >= 11 is 0. The van der Waals surface area contributed by atoms with Crippen molar-refractivity contribution in [3.8, 4) is 6.07 Å². The zero-order valence-electron chi connectivity index (χ0n) is 29.2. The summed E-state index contributed by atoms with van der Waals surface area (Å²) in [6.07, 6.45) is 1.17. The number of nitrogens with two attached hydrogens (primary N) is 1. The molecule has 4 heterocycles. The van der Waals surface area contributed by atoms with Crippen LogP contribution in [0.15, 0.2) is 18.5 Å². The van der Waals surface area contributed by atoms with Crippen LogP contribution in [0.1, 0.15) is 77.5 Å². The van der Waals surface area contributed by atoms with Gasteiger partial charge in [0.05, 0.1) is 18.9 Å². The largest absolute Gasteiger partial charge is 0.464 e. The van der Waals surface area contributed by atoms with E-state index in [1.165, 1.54) is 24.7 Å². The molecule has 0 amide bonds. The normalized spacial score (nSPS) is 30.1. The van der Waals surface area contributed by atoms with Gasteiger partial charge in [0, 0.05) is 12.8 Å². The van der Waals surface area contributed by atoms with Crippen LogP contribution in [-0.4, -0.2) is 88.2 Å². The zero-order valence-corrected chi connectivity index (χ0v) is 30.1. The Balaban J connectivity index is 1.33. The molecule has 2 aromatic rings. The number of anilines is 1. The lowest BCUT2D eigenvalue weighted by atomic mass is 9.69. The van der Waals surface area contributed by atoms with E-state index in [0.29, 0.717) is 11.9 Å². The maximum absolute atomic E-state index is 14.8. The van der Waals surface area contributed by atoms with Crippen LogP contribution in [-0.2, 0) is 52.0 Å². The fourth-order valence-electron chi connectivity index (χ4n) is 6.80. The van der Waals surface area contributed by atoms with E-state index >= 15 is 0 Å². The minimum Gasteiger partial charge on any atom is -0.464 e. The summed E-state index contributed by atoms with van der Waals surface area (Å²) in [4.78, 5) is 55.7. The third-order valence-electron chi connectivity index (χ3n) is 10.3. The van der Waals surface area contributed by atoms with E-state index in [9.17, 15) is 29.0 Å². The number of fused-ring (bicyclic) bond motifs is 2. The number of hydrogen-bond donors (Lipinski definition) is 3. The standard InChI is InChI=1S/C33H44N7O11P/c1-4-24(41)49-28-27(22-11-12-23-30(35)36-17-37-40(22)23)51-33(15-34,29(28)50-25(42)5-2)16-48-52(45,38-18(3)31(43)46-13-19-7-6-8-19)39-26-21-10-9-20(21)14-47-32(26)44/h11-12,17-21,26-29H,4-10,13-14,16H2,1-3H3,(H2,35,36,37)(H2,38,39,45)/t18-,20?,21?,26-,27-,28-,29-,33+,52?/m0/s1. The van der Waals surface area contributed by atoms with Crippen molar-refractivity contribution in [2.75, 3.05) is 25.6 Å². The van der Waals surface area contributed by atoms with E-state index in [1.54, 1.807) is 19.1 Å². The SMILES string of the molecule is CCC(=O)O[C@H]1[C@H](c2ccc3c(N)ncnn23)O[C@](C#N)(COP(=O)(N[C@@H](C)C(=O)OCC2CCC2)N[C@@H]2C(=O)OCC3CCC32)[C@H]1OC(=O)CC. The number of nitrogen functional groups attached to an aromatic ring is 1. The summed E-state index contributed by atoms with van der Waals surface area (Å²) < 4.78 is 51.0. The van der Waals surface area contributed by atoms with Gasteiger partial charge in [0.1, 0.15) is 42.7 Å². The average Bonchev–Trinajstić information content (AvgIpc) is 3.65. The lowest BCUT2D eigenvalue weighted by Crippen LogP contribution is -2.56. The summed E-state index contributed by atoms with van der Waals surface area (Å²) in [5.74, 6) is -2.52. The van der Waals surface area contributed by atoms with Gasteiger partial charge in [-0.25, -0.2) is 19.7 Å². The lowest BCUT2D eigenvalue weighted by Gasteiger charge is -2.45. The minimum absolute atomic E-state index is 0.0550. The Morgan fingerprint density at radius 3 is 2.58 bits per heavy atom. The maximum atomic E-state index is 14.8. The first-order valence-electron chi connectivity index (χ1n) is 17.6. The van der Waals surface area contributed by atoms with Crippen molar-refractivity contribution < 1.29 is 52.0 Å². The van der Waals surface area contributed by atoms with Crippen LogP contribution in [0.3, 0.4) is 0 Å². The average molecular weight is 746 g/mol. The fraction of sp³-hybridized carbons (Fsp3) is 0.667. The number of esters is 4. The molecule has 4 aliphatic rings. The summed E-state index contributed by atoms with van der Waals surface area (Å²) in [5, 5.41) is 20.5. The molecule has 0 spiro atoms. The summed E-state index contributed by atoms with van der Waals surface area (Å²) in [7, 11) is -4.48. The molecule has 3 unspecified atom stereocenters. The molecular formula is C33H44N7O11P. The van der Waals surface area contributed by atoms with Crippen molar-refractivity contribution in [3.05, 3.63) is 24.2 Å². The highest BCUT2D eigenvalue weighted by atomic mass is 31.2. The number of ether oxygens (including phenoxy) is 5. The van der Waals surface area contributed by atoms with Crippen molar-refractivity contribution in [1.29, 1.82) is 5.26 Å². The van der Waals surface area contributed by atoms with Gasteiger partial charge < -0.3 is 33.9 Å². The summed E-state index contributed by atoms with van der Waals surface area (Å²) in [6, 6.07) is 2.97. The van der Waals surface area contributed by atoms with Gasteiger partial charge in [0.25, 0.3) is 0 Å². The van der Waals surface area contributed by atoms with E-state index < -0.39 is 74.2 Å². The molecule has 2 aliphatic carbocycles. The molecule has 4 fully saturated rings. The van der Waals surface area contributed by atoms with Crippen LogP contribution in [0.25, 0.3) is 5.52 Å². The molecule has 4 N–H and O–H groups in total. The van der Waals surface area contributed by atoms with E-state index in [0.717, 1.165) is 25.7 Å². The topological polar surface area (TPSA) is 245 Å². The predicted molar refractivity (Wildman–Crippen MR) is 178 cm³/mol. The number of carbonyl (C=O) groups is 4. The molecule has 2 aromatic heterocycles. The van der Waals surface area contributed by atoms with Crippen LogP contribution in [0.2, 0.25) is 0 Å². The predicted octanol–water partition coefficient (Wildman–Crippen LogP) is 2.28. The van der Waals surface area contributed by atoms with Crippen molar-refractivity contribution in [2.45, 2.75) is 102 Å². The van der Waals surface area contributed by atoms with Gasteiger partial charge in [-0.1, -0.05) is 20.3 Å². The van der Waals surface area contributed by atoms with E-state index in [-0.39, 0.29) is 55.3 Å². The third-order valence-corrected chi connectivity index (χ3v) is 12.1. The van der Waals surface area contributed by atoms with Crippen molar-refractivity contribution in [3.63, 3.8) is 0 Å². The van der Waals surface area contributed by atoms with Crippen LogP contribution in [0, 0.1) is 29.1 Å². The molecule has 0 radical (unpaired) electrons. The van der Waals surface area contributed by atoms with Gasteiger partial charge in [-0.2, -0.15) is 10.4 Å². The maximum Gasteiger partial charge on any atom is 0.342 e. The Morgan fingerprint density at radius 2 is 1.92 bits per heavy atom. The molecule has 52 heavy (non-hydrogen) atoms. The van der Waals surface area contributed by atoms with E-state index in [4.69, 9.17) is 33.9 Å². The second-order valence-electron chi connectivity index (χ2n) is 13.7. The molecule has 282 valence electrons. The van der Waals surface area contributed by atoms with Crippen LogP contribution < -0.4 is 15.9 Å². The molecule has 2 aliphatic heterocycles. The number of nitrogens with zero attached hydrogens (tertiary/aromatic N) is 4. The van der Waals surface area contributed by atoms with Gasteiger partial charge in [-0.15, -0.1) is 0 Å². The number of nitrogens with one attached hydrogen (secondary N) is 2. The van der Waals surface area contributed by atoms with Crippen molar-refractivity contribution in [1.82, 2.24) is 24.8 Å². The smallest absolute Gasteiger partial charge is 0.342 e. The molecule has 19 heteroatoms. The van der Waals surface area contributed by atoms with Gasteiger partial charge in [-0.3, -0.25) is 23.7 Å². The number of rotatable bonds is 15. The Morgan fingerprint density at radius 1 is 1.17 bits per heavy atom. The van der Waals surface area contributed by atoms with Gasteiger partial charge in [0.2, 0.25) is 5.60 Å². The second-order valence-corrected chi connectivity index (χ2v) is 15.5. The lowest BCUT2D eigenvalue weighted by molar-refractivity contribution is -0.169. The van der Waals surface area contributed by atoms with Gasteiger partial charge >= 0.3 is 31.5 Å². The molecular weight excluding hydrogens is 701 g/mol. The number of nitriles is 1. The number of hydrogen-bond acceptors (Lipinski definition) is 15. The van der Waals surface area contributed by atoms with Crippen LogP contribution >= 0.6 is 7.67 Å². The first kappa shape index (κ1) is 37.6. The third kappa shape index (κ3) is 7.51. The summed E-state index contributed by atoms with van der Waals surface area (Å²) in [6.45, 7) is 4.14. The Labute approximate surface area is 299 Å². The monoisotopic (exact) mass is 745 g/mol. The molecule has 18 nitrogen and oxygen atoms in total. The highest BCUT2D eigenvalue weighted by Gasteiger charge is 2.62. The first-order valence-corrected chi connectivity index (χ1v) is 19.2. The van der Waals surface area contributed by atoms with Crippen molar-refractivity contribution in [2.24, 2.45) is 17.8 Å². The van der Waals surface area contributed by atoms with Gasteiger partial charge in [0.15, 0.2) is 18.0 Å². The first-order chi connectivity index (χ1) is 24.9. The highest BCUT2D eigenvalue weighted by molar-refractivity contribution is 7.54. The molecule has 0 aromatic carbocycles. The Kier molecular flexibility index (Phi) is 11.2. The van der Waals surface area contributed by atoms with Crippen LogP contribution in [0.4, 0.5) is 5.82 Å². The number of carbonyl (C=O) groups excluding carboxylic acids is 4. The minimum atomic E-state index is -4.48. The number of cyclic esters (lactones) is 1. The number of aromatic nitrogens is 3. The molecule has 0 bridgehead atoms. The molecule has 2 saturated carbocycles. The zero-order chi connectivity index (χ0) is 37.2. The Hall–Kier alpha value is -4.14. The van der Waals surface area contributed by atoms with Gasteiger partial charge in [-0.05, 0) is 62.5 Å². The molecule has 9 atom stereocenters. The summed E-state index contributed by atoms with van der Waals surface area (Å²) in [5.41, 5.74) is 4.46.